The maximum Gasteiger partial charge on any atom is 0.291 e. The summed E-state index contributed by atoms with van der Waals surface area (Å²) in [6.45, 7) is 0.217. The number of amides is 1. The number of para-hydroxylation sites is 1. The number of rotatable bonds is 6. The average Bonchev–Trinajstić information content (AvgIpc) is 3.10. The normalized spacial score (nSPS) is 10.5. The number of thioether (sulfide) groups is 1. The predicted octanol–water partition coefficient (Wildman–Crippen LogP) is 5.49. The van der Waals surface area contributed by atoms with Crippen molar-refractivity contribution >= 4 is 35.0 Å². The fraction of sp³-hybridized carbons (Fsp3) is 0.105. The Morgan fingerprint density at radius 2 is 2.00 bits per heavy atom. The highest BCUT2D eigenvalue weighted by Crippen LogP contribution is 2.25. The third kappa shape index (κ3) is 4.59. The van der Waals surface area contributed by atoms with Gasteiger partial charge in [-0.1, -0.05) is 29.8 Å². The molecule has 0 aliphatic rings. The third-order valence-electron chi connectivity index (χ3n) is 3.42. The average molecular weight is 374 g/mol. The zero-order valence-electron chi connectivity index (χ0n) is 13.5. The van der Waals surface area contributed by atoms with Crippen LogP contribution in [-0.4, -0.2) is 12.2 Å². The molecule has 4 nitrogen and oxygen atoms in total. The lowest BCUT2D eigenvalue weighted by Gasteiger charge is -2.07. The minimum Gasteiger partial charge on any atom is -0.486 e. The summed E-state index contributed by atoms with van der Waals surface area (Å²) >= 11 is 7.48. The Bertz CT molecular complexity index is 878. The maximum atomic E-state index is 12.3. The van der Waals surface area contributed by atoms with Crippen molar-refractivity contribution in [2.75, 3.05) is 11.6 Å². The SMILES string of the molecule is CSc1ccccc1NC(=O)c1ccc(COc2cccc(Cl)c2)o1. The van der Waals surface area contributed by atoms with E-state index < -0.39 is 0 Å². The van der Waals surface area contributed by atoms with Gasteiger partial charge >= 0.3 is 0 Å². The monoisotopic (exact) mass is 373 g/mol. The quantitative estimate of drug-likeness (QED) is 0.581. The fourth-order valence-electron chi connectivity index (χ4n) is 2.22. The summed E-state index contributed by atoms with van der Waals surface area (Å²) in [5.41, 5.74) is 0.758. The molecule has 1 aromatic heterocycles. The highest BCUT2D eigenvalue weighted by molar-refractivity contribution is 7.98. The number of carbonyl (C=O) groups excluding carboxylic acids is 1. The first-order valence-electron chi connectivity index (χ1n) is 7.57. The molecule has 0 atom stereocenters. The van der Waals surface area contributed by atoms with Crippen molar-refractivity contribution in [3.63, 3.8) is 0 Å². The number of halogens is 1. The van der Waals surface area contributed by atoms with E-state index in [-0.39, 0.29) is 18.3 Å². The molecule has 0 aliphatic heterocycles. The molecule has 0 radical (unpaired) electrons. The van der Waals surface area contributed by atoms with Gasteiger partial charge in [0.1, 0.15) is 18.1 Å². The molecule has 1 amide bonds. The summed E-state index contributed by atoms with van der Waals surface area (Å²) in [6.07, 6.45) is 1.96. The van der Waals surface area contributed by atoms with Gasteiger partial charge in [-0.15, -0.1) is 11.8 Å². The van der Waals surface area contributed by atoms with E-state index in [1.165, 1.54) is 0 Å². The lowest BCUT2D eigenvalue weighted by atomic mass is 10.3. The standard InChI is InChI=1S/C19H16ClNO3S/c1-25-18-8-3-2-7-16(18)21-19(22)17-10-9-15(24-17)12-23-14-6-4-5-13(20)11-14/h2-11H,12H2,1H3,(H,21,22). The minimum absolute atomic E-state index is 0.217. The number of anilines is 1. The van der Waals surface area contributed by atoms with E-state index in [1.54, 1.807) is 36.0 Å². The van der Waals surface area contributed by atoms with Gasteiger partial charge in [0, 0.05) is 9.92 Å². The molecule has 1 heterocycles. The summed E-state index contributed by atoms with van der Waals surface area (Å²) in [5.74, 6) is 1.14. The molecule has 0 fully saturated rings. The van der Waals surface area contributed by atoms with E-state index in [2.05, 4.69) is 5.32 Å². The molecular formula is C19H16ClNO3S. The molecule has 0 saturated carbocycles. The van der Waals surface area contributed by atoms with Crippen LogP contribution >= 0.6 is 23.4 Å². The second kappa shape index (κ2) is 8.14. The van der Waals surface area contributed by atoms with Crippen LogP contribution in [-0.2, 0) is 6.61 Å². The molecule has 128 valence electrons. The zero-order chi connectivity index (χ0) is 17.6. The molecule has 0 spiro atoms. The van der Waals surface area contributed by atoms with E-state index in [4.69, 9.17) is 20.8 Å². The van der Waals surface area contributed by atoms with Crippen LogP contribution in [0, 0.1) is 0 Å². The van der Waals surface area contributed by atoms with E-state index in [0.717, 1.165) is 10.6 Å². The number of carbonyl (C=O) groups is 1. The van der Waals surface area contributed by atoms with Crippen LogP contribution in [0.4, 0.5) is 5.69 Å². The summed E-state index contributed by atoms with van der Waals surface area (Å²) in [4.78, 5) is 13.3. The molecule has 0 unspecified atom stereocenters. The highest BCUT2D eigenvalue weighted by atomic mass is 35.5. The smallest absolute Gasteiger partial charge is 0.291 e. The van der Waals surface area contributed by atoms with E-state index in [9.17, 15) is 4.79 Å². The predicted molar refractivity (Wildman–Crippen MR) is 101 cm³/mol. The molecule has 6 heteroatoms. The Labute approximate surface area is 155 Å². The minimum atomic E-state index is -0.296. The number of nitrogens with one attached hydrogen (secondary N) is 1. The molecule has 3 aromatic rings. The summed E-state index contributed by atoms with van der Waals surface area (Å²) in [6, 6.07) is 18.1. The van der Waals surface area contributed by atoms with E-state index >= 15 is 0 Å². The van der Waals surface area contributed by atoms with Gasteiger partial charge in [-0.2, -0.15) is 0 Å². The Morgan fingerprint density at radius 1 is 1.16 bits per heavy atom. The van der Waals surface area contributed by atoms with Crippen molar-refractivity contribution in [2.24, 2.45) is 0 Å². The first kappa shape index (κ1) is 17.5. The first-order chi connectivity index (χ1) is 12.2. The van der Waals surface area contributed by atoms with Gasteiger partial charge in [-0.3, -0.25) is 4.79 Å². The van der Waals surface area contributed by atoms with Crippen molar-refractivity contribution in [3.8, 4) is 5.75 Å². The second-order valence-electron chi connectivity index (χ2n) is 5.17. The van der Waals surface area contributed by atoms with E-state index in [0.29, 0.717) is 16.5 Å². The van der Waals surface area contributed by atoms with Crippen molar-refractivity contribution in [3.05, 3.63) is 77.2 Å². The number of ether oxygens (including phenoxy) is 1. The van der Waals surface area contributed by atoms with Gasteiger partial charge in [0.2, 0.25) is 0 Å². The third-order valence-corrected chi connectivity index (χ3v) is 4.45. The number of hydrogen-bond acceptors (Lipinski definition) is 4. The number of benzene rings is 2. The van der Waals surface area contributed by atoms with Crippen molar-refractivity contribution in [1.29, 1.82) is 0 Å². The summed E-state index contributed by atoms with van der Waals surface area (Å²) < 4.78 is 11.2. The first-order valence-corrected chi connectivity index (χ1v) is 9.17. The highest BCUT2D eigenvalue weighted by Gasteiger charge is 2.13. The van der Waals surface area contributed by atoms with Crippen LogP contribution in [0.2, 0.25) is 5.02 Å². The van der Waals surface area contributed by atoms with Gasteiger partial charge in [0.05, 0.1) is 5.69 Å². The molecule has 25 heavy (non-hydrogen) atoms. The lowest BCUT2D eigenvalue weighted by Crippen LogP contribution is -2.11. The van der Waals surface area contributed by atoms with Crippen molar-refractivity contribution in [1.82, 2.24) is 0 Å². The molecule has 0 bridgehead atoms. The van der Waals surface area contributed by atoms with Crippen LogP contribution in [0.3, 0.4) is 0 Å². The topological polar surface area (TPSA) is 51.5 Å². The molecule has 2 aromatic carbocycles. The molecule has 0 saturated heterocycles. The fourth-order valence-corrected chi connectivity index (χ4v) is 2.95. The van der Waals surface area contributed by atoms with Crippen LogP contribution in [0.5, 0.6) is 5.75 Å². The largest absolute Gasteiger partial charge is 0.486 e. The van der Waals surface area contributed by atoms with Gasteiger partial charge in [-0.05, 0) is 48.7 Å². The number of hydrogen-bond donors (Lipinski definition) is 1. The van der Waals surface area contributed by atoms with Crippen LogP contribution < -0.4 is 10.1 Å². The van der Waals surface area contributed by atoms with Gasteiger partial charge in [0.15, 0.2) is 5.76 Å². The molecule has 1 N–H and O–H groups in total. The maximum absolute atomic E-state index is 12.3. The summed E-state index contributed by atoms with van der Waals surface area (Å²) in [5, 5.41) is 3.46. The van der Waals surface area contributed by atoms with Crippen LogP contribution in [0.25, 0.3) is 0 Å². The number of furan rings is 1. The lowest BCUT2D eigenvalue weighted by molar-refractivity contribution is 0.0992. The Hall–Kier alpha value is -2.37. The van der Waals surface area contributed by atoms with Gasteiger partial charge in [0.25, 0.3) is 5.91 Å². The van der Waals surface area contributed by atoms with Gasteiger partial charge in [-0.25, -0.2) is 0 Å². The van der Waals surface area contributed by atoms with Crippen molar-refractivity contribution < 1.29 is 13.9 Å². The van der Waals surface area contributed by atoms with Crippen LogP contribution in [0.1, 0.15) is 16.3 Å². The Kier molecular flexibility index (Phi) is 5.68. The Balaban J connectivity index is 1.63. The molecular weight excluding hydrogens is 358 g/mol. The zero-order valence-corrected chi connectivity index (χ0v) is 15.1. The second-order valence-corrected chi connectivity index (χ2v) is 6.45. The van der Waals surface area contributed by atoms with Gasteiger partial charge < -0.3 is 14.5 Å². The van der Waals surface area contributed by atoms with E-state index in [1.807, 2.05) is 42.7 Å². The molecule has 3 rings (SSSR count). The summed E-state index contributed by atoms with van der Waals surface area (Å²) in [7, 11) is 0. The Morgan fingerprint density at radius 3 is 2.80 bits per heavy atom. The molecule has 0 aliphatic carbocycles. The van der Waals surface area contributed by atoms with Crippen molar-refractivity contribution in [2.45, 2.75) is 11.5 Å². The van der Waals surface area contributed by atoms with Crippen LogP contribution in [0.15, 0.2) is 70.0 Å².